The second-order valence-electron chi connectivity index (χ2n) is 7.89. The molecule has 4 atom stereocenters. The third-order valence-electron chi connectivity index (χ3n) is 5.86. The maximum atomic E-state index is 10.5. The van der Waals surface area contributed by atoms with Crippen LogP contribution in [0.4, 0.5) is 0 Å². The van der Waals surface area contributed by atoms with Gasteiger partial charge in [0.2, 0.25) is 0 Å². The number of rotatable bonds is 9. The molecule has 31 heavy (non-hydrogen) atoms. The van der Waals surface area contributed by atoms with Crippen LogP contribution in [0.1, 0.15) is 23.6 Å². The molecule has 1 saturated carbocycles. The number of nitrogens with zero attached hydrogens (tertiary/aromatic N) is 3. The molecular weight excluding hydrogens is 392 g/mol. The van der Waals surface area contributed by atoms with E-state index in [9.17, 15) is 10.2 Å². The van der Waals surface area contributed by atoms with Crippen LogP contribution in [0.5, 0.6) is 5.75 Å². The van der Waals surface area contributed by atoms with E-state index in [2.05, 4.69) is 20.3 Å². The van der Waals surface area contributed by atoms with E-state index in [1.54, 1.807) is 12.4 Å². The van der Waals surface area contributed by atoms with Crippen molar-refractivity contribution in [3.05, 3.63) is 84.2 Å². The minimum atomic E-state index is -0.543. The molecule has 7 heteroatoms. The lowest BCUT2D eigenvalue weighted by molar-refractivity contribution is 0.0715. The number of aliphatic hydroxyl groups is 2. The van der Waals surface area contributed by atoms with Gasteiger partial charge in [0.05, 0.1) is 11.8 Å². The van der Waals surface area contributed by atoms with Crippen molar-refractivity contribution in [3.63, 3.8) is 0 Å². The first-order valence-electron chi connectivity index (χ1n) is 10.6. The lowest BCUT2D eigenvalue weighted by Crippen LogP contribution is -2.36. The minimum Gasteiger partial charge on any atom is -0.486 e. The molecule has 0 unspecified atom stereocenters. The molecule has 0 saturated heterocycles. The third-order valence-corrected chi connectivity index (χ3v) is 5.86. The predicted molar refractivity (Wildman–Crippen MR) is 116 cm³/mol. The summed E-state index contributed by atoms with van der Waals surface area (Å²) >= 11 is 0. The number of para-hydroxylation sites is 1. The highest BCUT2D eigenvalue weighted by Crippen LogP contribution is 2.34. The molecule has 3 N–H and O–H groups in total. The maximum Gasteiger partial charge on any atom is 0.166 e. The van der Waals surface area contributed by atoms with E-state index in [4.69, 9.17) is 4.74 Å². The molecule has 3 aromatic rings. The van der Waals surface area contributed by atoms with Crippen LogP contribution in [-0.4, -0.2) is 43.9 Å². The monoisotopic (exact) mass is 420 g/mol. The molecule has 2 heterocycles. The van der Waals surface area contributed by atoms with Crippen LogP contribution in [0.25, 0.3) is 0 Å². The summed E-state index contributed by atoms with van der Waals surface area (Å²) in [7, 11) is 0. The standard InChI is InChI=1S/C24H28N4O3/c29-15-21-20(22(13-23(21)30)27-14-18-6-4-5-10-25-18)12-17-9-11-26-24(28-17)16-31-19-7-2-1-3-8-19/h1-11,20-23,27,29-30H,12-16H2/t20-,21-,22-,23-/m1/s1. The van der Waals surface area contributed by atoms with Crippen LogP contribution in [0, 0.1) is 11.8 Å². The largest absolute Gasteiger partial charge is 0.486 e. The molecule has 162 valence electrons. The number of pyridine rings is 1. The van der Waals surface area contributed by atoms with Gasteiger partial charge in [-0.05, 0) is 49.1 Å². The maximum absolute atomic E-state index is 10.5. The van der Waals surface area contributed by atoms with Gasteiger partial charge in [-0.3, -0.25) is 4.98 Å². The van der Waals surface area contributed by atoms with Crippen molar-refractivity contribution in [2.45, 2.75) is 38.1 Å². The molecule has 1 aromatic carbocycles. The highest BCUT2D eigenvalue weighted by Gasteiger charge is 2.42. The SMILES string of the molecule is OC[C@@H]1[C@@H](Cc2ccnc(COc3ccccc3)n2)[C@H](NCc2ccccn2)C[C@H]1O. The summed E-state index contributed by atoms with van der Waals surface area (Å²) in [6, 6.07) is 17.4. The molecule has 4 rings (SSSR count). The number of hydrogen-bond acceptors (Lipinski definition) is 7. The number of aliphatic hydroxyl groups excluding tert-OH is 2. The summed E-state index contributed by atoms with van der Waals surface area (Å²) in [5.41, 5.74) is 1.83. The summed E-state index contributed by atoms with van der Waals surface area (Å²) < 4.78 is 5.76. The second kappa shape index (κ2) is 10.4. The molecule has 1 aliphatic carbocycles. The molecule has 0 spiro atoms. The van der Waals surface area contributed by atoms with Gasteiger partial charge < -0.3 is 20.3 Å². The minimum absolute atomic E-state index is 0.0529. The summed E-state index contributed by atoms with van der Waals surface area (Å²) in [6.07, 6.45) is 4.20. The Morgan fingerprint density at radius 3 is 2.55 bits per heavy atom. The van der Waals surface area contributed by atoms with Gasteiger partial charge in [0.1, 0.15) is 12.4 Å². The van der Waals surface area contributed by atoms with Crippen molar-refractivity contribution in [2.75, 3.05) is 6.61 Å². The molecule has 2 aromatic heterocycles. The van der Waals surface area contributed by atoms with Gasteiger partial charge in [0.15, 0.2) is 5.82 Å². The Morgan fingerprint density at radius 2 is 1.77 bits per heavy atom. The number of benzene rings is 1. The predicted octanol–water partition coefficient (Wildman–Crippen LogP) is 2.14. The van der Waals surface area contributed by atoms with Gasteiger partial charge in [-0.1, -0.05) is 24.3 Å². The molecule has 1 fully saturated rings. The van der Waals surface area contributed by atoms with Gasteiger partial charge in [0.25, 0.3) is 0 Å². The molecular formula is C24H28N4O3. The molecule has 0 radical (unpaired) electrons. The van der Waals surface area contributed by atoms with Crippen molar-refractivity contribution in [3.8, 4) is 5.75 Å². The lowest BCUT2D eigenvalue weighted by atomic mass is 9.89. The van der Waals surface area contributed by atoms with Crippen molar-refractivity contribution >= 4 is 0 Å². The van der Waals surface area contributed by atoms with Crippen molar-refractivity contribution in [1.29, 1.82) is 0 Å². The Hall–Kier alpha value is -2.87. The Balaban J connectivity index is 1.42. The Kier molecular flexibility index (Phi) is 7.19. The van der Waals surface area contributed by atoms with Gasteiger partial charge in [-0.25, -0.2) is 9.97 Å². The van der Waals surface area contributed by atoms with Crippen LogP contribution in [0.3, 0.4) is 0 Å². The van der Waals surface area contributed by atoms with Crippen molar-refractivity contribution < 1.29 is 14.9 Å². The van der Waals surface area contributed by atoms with Crippen molar-refractivity contribution in [2.24, 2.45) is 11.8 Å². The van der Waals surface area contributed by atoms with Crippen LogP contribution in [-0.2, 0) is 19.6 Å². The fourth-order valence-electron chi connectivity index (χ4n) is 4.25. The van der Waals surface area contributed by atoms with Crippen LogP contribution in [0.2, 0.25) is 0 Å². The highest BCUT2D eigenvalue weighted by molar-refractivity contribution is 5.21. The van der Waals surface area contributed by atoms with Gasteiger partial charge in [-0.15, -0.1) is 0 Å². The number of ether oxygens (including phenoxy) is 1. The fourth-order valence-corrected chi connectivity index (χ4v) is 4.25. The zero-order chi connectivity index (χ0) is 21.5. The van der Waals surface area contributed by atoms with Gasteiger partial charge >= 0.3 is 0 Å². The first-order valence-corrected chi connectivity index (χ1v) is 10.6. The lowest BCUT2D eigenvalue weighted by Gasteiger charge is -2.25. The van der Waals surface area contributed by atoms with Crippen molar-refractivity contribution in [1.82, 2.24) is 20.3 Å². The second-order valence-corrected chi connectivity index (χ2v) is 7.89. The molecule has 7 nitrogen and oxygen atoms in total. The first kappa shape index (κ1) is 21.4. The Morgan fingerprint density at radius 1 is 0.935 bits per heavy atom. The smallest absolute Gasteiger partial charge is 0.166 e. The van der Waals surface area contributed by atoms with Gasteiger partial charge in [0, 0.05) is 43.2 Å². The Labute approximate surface area is 182 Å². The molecule has 0 bridgehead atoms. The topological polar surface area (TPSA) is 100 Å². The fraction of sp³-hybridized carbons (Fsp3) is 0.375. The van der Waals surface area contributed by atoms with E-state index in [0.29, 0.717) is 25.2 Å². The zero-order valence-corrected chi connectivity index (χ0v) is 17.3. The quantitative estimate of drug-likeness (QED) is 0.488. The summed E-state index contributed by atoms with van der Waals surface area (Å²) in [5, 5.41) is 23.9. The number of hydrogen-bond donors (Lipinski definition) is 3. The third kappa shape index (κ3) is 5.64. The highest BCUT2D eigenvalue weighted by atomic mass is 16.5. The summed E-state index contributed by atoms with van der Waals surface area (Å²) in [5.74, 6) is 1.25. The molecule has 0 aliphatic heterocycles. The van der Waals surface area contributed by atoms with E-state index in [1.165, 1.54) is 0 Å². The van der Waals surface area contributed by atoms with E-state index in [1.807, 2.05) is 54.6 Å². The number of aromatic nitrogens is 3. The average molecular weight is 421 g/mol. The van der Waals surface area contributed by atoms with Gasteiger partial charge in [-0.2, -0.15) is 0 Å². The van der Waals surface area contributed by atoms with E-state index in [0.717, 1.165) is 17.1 Å². The van der Waals surface area contributed by atoms with E-state index < -0.39 is 6.10 Å². The van der Waals surface area contributed by atoms with Crippen LogP contribution < -0.4 is 10.1 Å². The molecule has 0 amide bonds. The van der Waals surface area contributed by atoms with Crippen LogP contribution >= 0.6 is 0 Å². The average Bonchev–Trinajstić information content (AvgIpc) is 3.11. The van der Waals surface area contributed by atoms with E-state index >= 15 is 0 Å². The van der Waals surface area contributed by atoms with E-state index in [-0.39, 0.29) is 31.1 Å². The Bertz CT molecular complexity index is 942. The normalized spacial score (nSPS) is 23.0. The summed E-state index contributed by atoms with van der Waals surface area (Å²) in [4.78, 5) is 13.3. The summed E-state index contributed by atoms with van der Waals surface area (Å²) in [6.45, 7) is 0.853. The number of nitrogens with one attached hydrogen (secondary N) is 1. The van der Waals surface area contributed by atoms with Crippen LogP contribution in [0.15, 0.2) is 67.0 Å². The first-order chi connectivity index (χ1) is 15.2. The zero-order valence-electron chi connectivity index (χ0n) is 17.3. The molecule has 1 aliphatic rings.